The van der Waals surface area contributed by atoms with Crippen molar-refractivity contribution in [2.45, 2.75) is 39.7 Å². The van der Waals surface area contributed by atoms with Gasteiger partial charge in [-0.1, -0.05) is 0 Å². The van der Waals surface area contributed by atoms with Crippen LogP contribution in [0.5, 0.6) is 0 Å². The molecule has 1 amide bonds. The zero-order valence-corrected chi connectivity index (χ0v) is 24.3. The molecule has 0 aliphatic rings. The van der Waals surface area contributed by atoms with Crippen LogP contribution < -0.4 is 5.32 Å². The second-order valence-electron chi connectivity index (χ2n) is 8.88. The minimum absolute atomic E-state index is 0.254. The molecule has 13 heteroatoms. The van der Waals surface area contributed by atoms with Gasteiger partial charge in [0.25, 0.3) is 0 Å². The molecule has 1 N–H and O–H groups in total. The Hall–Kier alpha value is -1.58. The molecule has 0 heterocycles. The number of ether oxygens (including phenoxy) is 10. The molecule has 0 atom stereocenters. The quantitative estimate of drug-likeness (QED) is 0.108. The molecule has 13 nitrogen and oxygen atoms in total. The van der Waals surface area contributed by atoms with E-state index in [1.807, 2.05) is 20.8 Å². The van der Waals surface area contributed by atoms with E-state index in [1.165, 1.54) is 0 Å². The number of esters is 1. The predicted octanol–water partition coefficient (Wildman–Crippen LogP) is 1.60. The fourth-order valence-electron chi connectivity index (χ4n) is 2.57. The second kappa shape index (κ2) is 28.0. The summed E-state index contributed by atoms with van der Waals surface area (Å²) in [6.07, 6.45) is -0.201. The molecule has 0 radical (unpaired) electrons. The first-order chi connectivity index (χ1) is 18.8. The number of rotatable bonds is 28. The molecule has 0 aliphatic heterocycles. The van der Waals surface area contributed by atoms with Crippen LogP contribution in [0.15, 0.2) is 0 Å². The van der Waals surface area contributed by atoms with E-state index in [9.17, 15) is 9.59 Å². The summed E-state index contributed by atoms with van der Waals surface area (Å²) in [5.74, 6) is -0.254. The van der Waals surface area contributed by atoms with Crippen molar-refractivity contribution < 1.29 is 57.0 Å². The van der Waals surface area contributed by atoms with Crippen LogP contribution in [0.25, 0.3) is 0 Å². The zero-order valence-electron chi connectivity index (χ0n) is 24.3. The molecular formula is C26H51NO12. The first-order valence-electron chi connectivity index (χ1n) is 13.6. The number of amides is 1. The maximum Gasteiger partial charge on any atom is 0.407 e. The van der Waals surface area contributed by atoms with Crippen molar-refractivity contribution in [2.24, 2.45) is 0 Å². The third-order valence-corrected chi connectivity index (χ3v) is 4.27. The molecule has 0 aromatic heterocycles. The van der Waals surface area contributed by atoms with Crippen LogP contribution in [0.4, 0.5) is 4.79 Å². The van der Waals surface area contributed by atoms with E-state index < -0.39 is 11.7 Å². The van der Waals surface area contributed by atoms with Gasteiger partial charge < -0.3 is 52.7 Å². The van der Waals surface area contributed by atoms with Crippen LogP contribution in [0, 0.1) is 0 Å². The molecule has 39 heavy (non-hydrogen) atoms. The number of hydrogen-bond acceptors (Lipinski definition) is 12. The van der Waals surface area contributed by atoms with E-state index >= 15 is 0 Å². The van der Waals surface area contributed by atoms with Crippen molar-refractivity contribution in [1.82, 2.24) is 5.32 Å². The third-order valence-electron chi connectivity index (χ3n) is 4.27. The van der Waals surface area contributed by atoms with Gasteiger partial charge in [-0.15, -0.1) is 0 Å². The highest BCUT2D eigenvalue weighted by atomic mass is 16.6. The molecule has 0 bridgehead atoms. The first kappa shape index (κ1) is 37.4. The Bertz CT molecular complexity index is 560. The van der Waals surface area contributed by atoms with Gasteiger partial charge in [-0.3, -0.25) is 4.79 Å². The van der Waals surface area contributed by atoms with E-state index in [-0.39, 0.29) is 12.4 Å². The number of nitrogens with one attached hydrogen (secondary N) is 1. The van der Waals surface area contributed by atoms with E-state index in [2.05, 4.69) is 5.32 Å². The van der Waals surface area contributed by atoms with Gasteiger partial charge >= 0.3 is 12.1 Å². The van der Waals surface area contributed by atoms with Gasteiger partial charge in [-0.2, -0.15) is 0 Å². The summed E-state index contributed by atoms with van der Waals surface area (Å²) in [6.45, 7) is 15.3. The molecule has 0 saturated heterocycles. The fraction of sp³-hybridized carbons (Fsp3) is 0.923. The maximum atomic E-state index is 11.5. The van der Waals surface area contributed by atoms with Gasteiger partial charge in [-0.05, 0) is 27.7 Å². The largest absolute Gasteiger partial charge is 0.466 e. The number of alkyl carbamates (subject to hydrolysis) is 1. The van der Waals surface area contributed by atoms with Crippen LogP contribution in [0.3, 0.4) is 0 Å². The van der Waals surface area contributed by atoms with Crippen LogP contribution in [-0.4, -0.2) is 137 Å². The van der Waals surface area contributed by atoms with Crippen LogP contribution in [-0.2, 0) is 52.2 Å². The van der Waals surface area contributed by atoms with E-state index in [4.69, 9.17) is 47.4 Å². The van der Waals surface area contributed by atoms with Gasteiger partial charge in [0.05, 0.1) is 119 Å². The molecular weight excluding hydrogens is 518 g/mol. The summed E-state index contributed by atoms with van der Waals surface area (Å²) in [5.41, 5.74) is -0.511. The first-order valence-corrected chi connectivity index (χ1v) is 13.6. The van der Waals surface area contributed by atoms with Crippen LogP contribution in [0.1, 0.15) is 34.1 Å². The average Bonchev–Trinajstić information content (AvgIpc) is 2.87. The van der Waals surface area contributed by atoms with E-state index in [0.717, 1.165) is 0 Å². The van der Waals surface area contributed by atoms with E-state index in [1.54, 1.807) is 6.92 Å². The monoisotopic (exact) mass is 569 g/mol. The molecule has 0 saturated carbocycles. The molecule has 0 rings (SSSR count). The Morgan fingerprint density at radius 2 is 0.872 bits per heavy atom. The molecule has 0 spiro atoms. The highest BCUT2D eigenvalue weighted by Gasteiger charge is 2.15. The number of carbonyl (C=O) groups is 2. The Labute approximate surface area is 233 Å². The maximum absolute atomic E-state index is 11.5. The van der Waals surface area contributed by atoms with E-state index in [0.29, 0.717) is 119 Å². The lowest BCUT2D eigenvalue weighted by molar-refractivity contribution is -0.144. The minimum Gasteiger partial charge on any atom is -0.466 e. The van der Waals surface area contributed by atoms with Crippen molar-refractivity contribution in [3.05, 3.63) is 0 Å². The van der Waals surface area contributed by atoms with Gasteiger partial charge in [-0.25, -0.2) is 4.79 Å². The zero-order chi connectivity index (χ0) is 28.9. The lowest BCUT2D eigenvalue weighted by Gasteiger charge is -2.19. The van der Waals surface area contributed by atoms with Crippen molar-refractivity contribution in [1.29, 1.82) is 0 Å². The standard InChI is InChI=1S/C26H51NO12/c1-5-38-24(28)6-8-30-10-12-32-14-16-34-18-20-36-22-23-37-21-19-35-17-15-33-13-11-31-9-7-27-25(29)39-26(2,3)4/h5-23H2,1-4H3,(H,27,29). The van der Waals surface area contributed by atoms with Gasteiger partial charge in [0.15, 0.2) is 0 Å². The summed E-state index contributed by atoms with van der Waals surface area (Å²) in [4.78, 5) is 22.6. The molecule has 232 valence electrons. The highest BCUT2D eigenvalue weighted by molar-refractivity contribution is 5.69. The summed E-state index contributed by atoms with van der Waals surface area (Å²) in [5, 5.41) is 2.62. The lowest BCUT2D eigenvalue weighted by atomic mass is 10.2. The predicted molar refractivity (Wildman–Crippen MR) is 142 cm³/mol. The van der Waals surface area contributed by atoms with Crippen molar-refractivity contribution in [3.63, 3.8) is 0 Å². The number of carbonyl (C=O) groups excluding carboxylic acids is 2. The Kier molecular flexibility index (Phi) is 26.8. The number of hydrogen-bond donors (Lipinski definition) is 1. The minimum atomic E-state index is -0.511. The lowest BCUT2D eigenvalue weighted by Crippen LogP contribution is -2.34. The van der Waals surface area contributed by atoms with Crippen molar-refractivity contribution >= 4 is 12.1 Å². The van der Waals surface area contributed by atoms with Crippen molar-refractivity contribution in [3.8, 4) is 0 Å². The summed E-state index contributed by atoms with van der Waals surface area (Å²) >= 11 is 0. The summed E-state index contributed by atoms with van der Waals surface area (Å²) in [6, 6.07) is 0. The molecule has 0 aliphatic carbocycles. The SMILES string of the molecule is CCOC(=O)CCOCCOCCOCCOCCOCCOCCOCCOCCNC(=O)OC(C)(C)C. The summed E-state index contributed by atoms with van der Waals surface area (Å²) in [7, 11) is 0. The second-order valence-corrected chi connectivity index (χ2v) is 8.88. The van der Waals surface area contributed by atoms with Crippen molar-refractivity contribution in [2.75, 3.05) is 119 Å². The Morgan fingerprint density at radius 1 is 0.538 bits per heavy atom. The molecule has 0 fully saturated rings. The smallest absolute Gasteiger partial charge is 0.407 e. The molecule has 0 aromatic carbocycles. The van der Waals surface area contributed by atoms with Crippen LogP contribution in [0.2, 0.25) is 0 Å². The molecule has 0 aromatic rings. The average molecular weight is 570 g/mol. The molecule has 0 unspecified atom stereocenters. The third kappa shape index (κ3) is 32.5. The van der Waals surface area contributed by atoms with Crippen LogP contribution >= 0.6 is 0 Å². The summed E-state index contributed by atoms with van der Waals surface area (Å²) < 4.78 is 53.1. The Morgan fingerprint density at radius 3 is 1.21 bits per heavy atom. The fourth-order valence-corrected chi connectivity index (χ4v) is 2.57. The van der Waals surface area contributed by atoms with Gasteiger partial charge in [0.1, 0.15) is 5.60 Å². The van der Waals surface area contributed by atoms with Gasteiger partial charge in [0.2, 0.25) is 0 Å². The topological polar surface area (TPSA) is 138 Å². The Balaban J connectivity index is 3.12. The normalized spacial score (nSPS) is 11.5. The highest BCUT2D eigenvalue weighted by Crippen LogP contribution is 2.06. The van der Waals surface area contributed by atoms with Gasteiger partial charge in [0, 0.05) is 6.54 Å².